The van der Waals surface area contributed by atoms with E-state index >= 15 is 0 Å². The van der Waals surface area contributed by atoms with E-state index in [1.54, 1.807) is 6.07 Å². The van der Waals surface area contributed by atoms with Crippen LogP contribution in [0, 0.1) is 11.3 Å². The third-order valence-electron chi connectivity index (χ3n) is 3.64. The van der Waals surface area contributed by atoms with Crippen LogP contribution in [0.4, 0.5) is 0 Å². The summed E-state index contributed by atoms with van der Waals surface area (Å²) in [6, 6.07) is 1.67. The highest BCUT2D eigenvalue weighted by molar-refractivity contribution is 5.29. The van der Waals surface area contributed by atoms with Gasteiger partial charge >= 0.3 is 0 Å². The van der Waals surface area contributed by atoms with Crippen LogP contribution in [0.5, 0.6) is 0 Å². The Balaban J connectivity index is 2.18. The molecule has 2 rings (SSSR count). The topological polar surface area (TPSA) is 164 Å². The smallest absolute Gasteiger partial charge is 0.204 e. The molecule has 0 spiro atoms. The van der Waals surface area contributed by atoms with Gasteiger partial charge in [0.25, 0.3) is 0 Å². The van der Waals surface area contributed by atoms with Crippen molar-refractivity contribution in [3.05, 3.63) is 12.2 Å². The lowest BCUT2D eigenvalue weighted by Gasteiger charge is -2.42. The van der Waals surface area contributed by atoms with Crippen molar-refractivity contribution in [2.45, 2.75) is 48.5 Å². The molecule has 8 atom stereocenters. The lowest BCUT2D eigenvalue weighted by molar-refractivity contribution is -0.322. The van der Waals surface area contributed by atoms with Crippen LogP contribution in [0.3, 0.4) is 0 Å². The van der Waals surface area contributed by atoms with E-state index in [4.69, 9.17) is 19.8 Å². The fourth-order valence-electron chi connectivity index (χ4n) is 2.29. The number of hydrogen-bond acceptors (Lipinski definition) is 9. The highest BCUT2D eigenvalue weighted by Crippen LogP contribution is 2.32. The van der Waals surface area contributed by atoms with Crippen LogP contribution >= 0.6 is 0 Å². The van der Waals surface area contributed by atoms with Crippen molar-refractivity contribution in [1.29, 1.82) is 5.26 Å². The Kier molecular flexibility index (Phi) is 4.62. The quantitative estimate of drug-likeness (QED) is 0.288. The number of hydrogen-bond donors (Lipinski definition) is 6. The fourth-order valence-corrected chi connectivity index (χ4v) is 2.29. The first kappa shape index (κ1) is 16.3. The van der Waals surface area contributed by atoms with E-state index in [-0.39, 0.29) is 0 Å². The summed E-state index contributed by atoms with van der Waals surface area (Å²) < 4.78 is 10.3. The van der Waals surface area contributed by atoms with E-state index in [0.717, 1.165) is 12.2 Å². The maximum Gasteiger partial charge on any atom is 0.204 e. The molecule has 0 radical (unpaired) electrons. The fraction of sp³-hybridized carbons (Fsp3) is 0.750. The number of nitrogens with zero attached hydrogens (tertiary/aromatic N) is 1. The molecular weight excluding hydrogens is 286 g/mol. The zero-order valence-corrected chi connectivity index (χ0v) is 10.9. The van der Waals surface area contributed by atoms with E-state index in [0.29, 0.717) is 0 Å². The van der Waals surface area contributed by atoms with Gasteiger partial charge in [0.2, 0.25) is 5.60 Å². The maximum absolute atomic E-state index is 9.82. The third kappa shape index (κ3) is 2.68. The molecule has 0 bridgehead atoms. The summed E-state index contributed by atoms with van der Waals surface area (Å²) in [6.45, 7) is -0.647. The predicted octanol–water partition coefficient (Wildman–Crippen LogP) is -3.64. The van der Waals surface area contributed by atoms with Gasteiger partial charge in [-0.05, 0) is 6.08 Å². The molecular formula is C12H17NO8. The van der Waals surface area contributed by atoms with Crippen molar-refractivity contribution in [3.63, 3.8) is 0 Å². The molecule has 6 N–H and O–H groups in total. The third-order valence-corrected chi connectivity index (χ3v) is 3.64. The average Bonchev–Trinajstić information content (AvgIpc) is 2.77. The van der Waals surface area contributed by atoms with Crippen LogP contribution in [0.2, 0.25) is 0 Å². The molecule has 0 saturated carbocycles. The summed E-state index contributed by atoms with van der Waals surface area (Å²) in [7, 11) is 0. The molecule has 2 aliphatic rings. The lowest BCUT2D eigenvalue weighted by atomic mass is 9.97. The number of nitriles is 1. The van der Waals surface area contributed by atoms with E-state index in [1.807, 2.05) is 0 Å². The monoisotopic (exact) mass is 303 g/mol. The molecule has 0 aromatic heterocycles. The van der Waals surface area contributed by atoms with Gasteiger partial charge in [0.15, 0.2) is 6.29 Å². The van der Waals surface area contributed by atoms with Crippen molar-refractivity contribution in [2.24, 2.45) is 0 Å². The maximum atomic E-state index is 9.82. The van der Waals surface area contributed by atoms with Gasteiger partial charge in [-0.1, -0.05) is 6.08 Å². The number of aliphatic hydroxyl groups is 6. The molecule has 1 heterocycles. The first-order chi connectivity index (χ1) is 9.86. The van der Waals surface area contributed by atoms with Crippen LogP contribution < -0.4 is 0 Å². The summed E-state index contributed by atoms with van der Waals surface area (Å²) >= 11 is 0. The van der Waals surface area contributed by atoms with Crippen molar-refractivity contribution in [1.82, 2.24) is 0 Å². The van der Waals surface area contributed by atoms with Crippen molar-refractivity contribution >= 4 is 0 Å². The minimum Gasteiger partial charge on any atom is -0.394 e. The van der Waals surface area contributed by atoms with Gasteiger partial charge in [0, 0.05) is 0 Å². The molecule has 1 saturated heterocycles. The van der Waals surface area contributed by atoms with Gasteiger partial charge in [-0.3, -0.25) is 0 Å². The number of ether oxygens (including phenoxy) is 2. The molecule has 1 aliphatic carbocycles. The molecule has 0 aromatic rings. The van der Waals surface area contributed by atoms with E-state index in [2.05, 4.69) is 0 Å². The minimum atomic E-state index is -1.97. The van der Waals surface area contributed by atoms with Crippen LogP contribution in [0.1, 0.15) is 0 Å². The highest BCUT2D eigenvalue weighted by Gasteiger charge is 2.52. The summed E-state index contributed by atoms with van der Waals surface area (Å²) in [4.78, 5) is 0. The van der Waals surface area contributed by atoms with E-state index in [9.17, 15) is 25.5 Å². The molecule has 1 fully saturated rings. The molecule has 8 unspecified atom stereocenters. The highest BCUT2D eigenvalue weighted by atomic mass is 16.7. The Hall–Kier alpha value is -1.09. The second-order valence-corrected chi connectivity index (χ2v) is 5.01. The summed E-state index contributed by atoms with van der Waals surface area (Å²) in [5, 5.41) is 66.6. The van der Waals surface area contributed by atoms with Gasteiger partial charge in [0.05, 0.1) is 6.61 Å². The Morgan fingerprint density at radius 3 is 2.29 bits per heavy atom. The largest absolute Gasteiger partial charge is 0.394 e. The molecule has 0 aromatic carbocycles. The van der Waals surface area contributed by atoms with Crippen molar-refractivity contribution in [2.75, 3.05) is 6.61 Å². The van der Waals surface area contributed by atoms with Gasteiger partial charge in [0.1, 0.15) is 42.7 Å². The molecule has 1 aliphatic heterocycles. The van der Waals surface area contributed by atoms with Crippen LogP contribution in [-0.2, 0) is 9.47 Å². The Bertz CT molecular complexity index is 449. The standard InChI is InChI=1S/C12H17NO8/c13-4-12(2-1-5(15)10(12)19)21-11-9(18)8(17)7(16)6(3-14)20-11/h1-2,5-11,14-19H,3H2. The SMILES string of the molecule is N#CC1(OC2OC(CO)C(O)C(O)C2O)C=CC(O)C1O. The summed E-state index contributed by atoms with van der Waals surface area (Å²) in [5.74, 6) is 0. The normalized spacial score (nSPS) is 50.0. The van der Waals surface area contributed by atoms with Gasteiger partial charge in [-0.25, -0.2) is 0 Å². The molecule has 0 amide bonds. The van der Waals surface area contributed by atoms with Crippen LogP contribution in [0.15, 0.2) is 12.2 Å². The first-order valence-electron chi connectivity index (χ1n) is 6.31. The summed E-state index contributed by atoms with van der Waals surface area (Å²) in [5.41, 5.74) is -1.97. The Morgan fingerprint density at radius 2 is 1.81 bits per heavy atom. The molecule has 9 heteroatoms. The minimum absolute atomic E-state index is 0.647. The van der Waals surface area contributed by atoms with E-state index < -0.39 is 55.1 Å². The lowest BCUT2D eigenvalue weighted by Crippen LogP contribution is -2.61. The number of aliphatic hydroxyl groups excluding tert-OH is 6. The zero-order valence-electron chi connectivity index (χ0n) is 10.9. The number of rotatable bonds is 3. The van der Waals surface area contributed by atoms with Crippen LogP contribution in [-0.4, -0.2) is 85.8 Å². The molecule has 118 valence electrons. The first-order valence-corrected chi connectivity index (χ1v) is 6.31. The van der Waals surface area contributed by atoms with Crippen molar-refractivity contribution in [3.8, 4) is 6.07 Å². The van der Waals surface area contributed by atoms with Gasteiger partial charge < -0.3 is 40.1 Å². The molecule has 21 heavy (non-hydrogen) atoms. The predicted molar refractivity (Wildman–Crippen MR) is 64.3 cm³/mol. The summed E-state index contributed by atoms with van der Waals surface area (Å²) in [6.07, 6.45) is -8.36. The zero-order chi connectivity index (χ0) is 15.8. The Morgan fingerprint density at radius 1 is 1.14 bits per heavy atom. The van der Waals surface area contributed by atoms with Gasteiger partial charge in [-0.15, -0.1) is 0 Å². The average molecular weight is 303 g/mol. The van der Waals surface area contributed by atoms with Crippen LogP contribution in [0.25, 0.3) is 0 Å². The second-order valence-electron chi connectivity index (χ2n) is 5.01. The second kappa shape index (κ2) is 5.96. The van der Waals surface area contributed by atoms with E-state index in [1.165, 1.54) is 0 Å². The van der Waals surface area contributed by atoms with Crippen molar-refractivity contribution < 1.29 is 40.1 Å². The van der Waals surface area contributed by atoms with Gasteiger partial charge in [-0.2, -0.15) is 5.26 Å². The Labute approximate surface area is 119 Å². The molecule has 9 nitrogen and oxygen atoms in total.